The second-order valence-corrected chi connectivity index (χ2v) is 9.64. The number of hydrogen-bond acceptors (Lipinski definition) is 4. The highest BCUT2D eigenvalue weighted by Gasteiger charge is 2.29. The Morgan fingerprint density at radius 2 is 2.10 bits per heavy atom. The molecule has 1 saturated heterocycles. The van der Waals surface area contributed by atoms with Crippen LogP contribution in [0.5, 0.6) is 5.75 Å². The van der Waals surface area contributed by atoms with Crippen LogP contribution >= 0.6 is 11.3 Å². The van der Waals surface area contributed by atoms with E-state index in [-0.39, 0.29) is 12.4 Å². The molecule has 4 nitrogen and oxygen atoms in total. The van der Waals surface area contributed by atoms with Crippen molar-refractivity contribution >= 4 is 32.3 Å². The third-order valence-corrected chi connectivity index (χ3v) is 7.64. The monoisotopic (exact) mass is 438 g/mol. The first kappa shape index (κ1) is 20.5. The van der Waals surface area contributed by atoms with Crippen LogP contribution in [0.4, 0.5) is 4.39 Å². The van der Waals surface area contributed by atoms with Crippen LogP contribution in [0, 0.1) is 5.82 Å². The third-order valence-electron chi connectivity index (χ3n) is 6.37. The van der Waals surface area contributed by atoms with Crippen LogP contribution in [0.1, 0.15) is 30.6 Å². The number of ether oxygens (including phenoxy) is 1. The number of halogens is 1. The highest BCUT2D eigenvalue weighted by atomic mass is 32.1. The molecular weight excluding hydrogens is 411 g/mol. The number of piperidine rings is 1. The molecule has 0 spiro atoms. The van der Waals surface area contributed by atoms with Gasteiger partial charge in [-0.25, -0.2) is 4.39 Å². The maximum atomic E-state index is 14.1. The Kier molecular flexibility index (Phi) is 5.69. The minimum Gasteiger partial charge on any atom is -0.490 e. The summed E-state index contributed by atoms with van der Waals surface area (Å²) < 4.78 is 21.0. The molecule has 4 aromatic rings. The van der Waals surface area contributed by atoms with Gasteiger partial charge in [0, 0.05) is 44.6 Å². The van der Waals surface area contributed by atoms with Gasteiger partial charge in [-0.3, -0.25) is 4.90 Å². The summed E-state index contributed by atoms with van der Waals surface area (Å²) in [6, 6.07) is 15.6. The first-order valence-electron chi connectivity index (χ1n) is 10.9. The van der Waals surface area contributed by atoms with Crippen molar-refractivity contribution in [2.75, 3.05) is 19.7 Å². The van der Waals surface area contributed by atoms with Crippen LogP contribution in [-0.2, 0) is 0 Å². The van der Waals surface area contributed by atoms with Gasteiger partial charge in [0.2, 0.25) is 0 Å². The Hall–Kier alpha value is -2.41. The average molecular weight is 439 g/mol. The zero-order chi connectivity index (χ0) is 21.4. The van der Waals surface area contributed by atoms with E-state index in [9.17, 15) is 9.50 Å². The Bertz CT molecular complexity index is 1190. The zero-order valence-corrected chi connectivity index (χ0v) is 18.4. The van der Waals surface area contributed by atoms with E-state index in [1.54, 1.807) is 17.4 Å². The van der Waals surface area contributed by atoms with Gasteiger partial charge >= 0.3 is 0 Å². The molecule has 31 heavy (non-hydrogen) atoms. The molecule has 0 saturated carbocycles. The van der Waals surface area contributed by atoms with Gasteiger partial charge in [-0.05, 0) is 68.6 Å². The lowest BCUT2D eigenvalue weighted by Crippen LogP contribution is -2.45. The summed E-state index contributed by atoms with van der Waals surface area (Å²) in [6.45, 7) is 4.01. The smallest absolute Gasteiger partial charge is 0.131 e. The second kappa shape index (κ2) is 8.61. The summed E-state index contributed by atoms with van der Waals surface area (Å²) in [5.41, 5.74) is 1.03. The Labute approximate surface area is 185 Å². The molecule has 2 aromatic carbocycles. The number of aliphatic hydroxyl groups excluding tert-OH is 1. The molecule has 3 heterocycles. The minimum atomic E-state index is -0.549. The van der Waals surface area contributed by atoms with Crippen LogP contribution in [0.15, 0.2) is 54.7 Å². The quantitative estimate of drug-likeness (QED) is 0.416. The van der Waals surface area contributed by atoms with E-state index >= 15 is 0 Å². The first-order chi connectivity index (χ1) is 15.1. The second-order valence-electron chi connectivity index (χ2n) is 8.53. The van der Waals surface area contributed by atoms with E-state index in [1.807, 2.05) is 42.6 Å². The number of aliphatic hydroxyl groups is 1. The van der Waals surface area contributed by atoms with Crippen molar-refractivity contribution in [3.05, 3.63) is 65.4 Å². The van der Waals surface area contributed by atoms with E-state index in [2.05, 4.69) is 16.8 Å². The molecule has 1 aliphatic heterocycles. The Morgan fingerprint density at radius 1 is 1.23 bits per heavy atom. The maximum absolute atomic E-state index is 14.1. The lowest BCUT2D eigenvalue weighted by atomic mass is 9.90. The third kappa shape index (κ3) is 4.20. The fourth-order valence-corrected chi connectivity index (χ4v) is 5.91. The summed E-state index contributed by atoms with van der Waals surface area (Å²) in [5, 5.41) is 12.4. The summed E-state index contributed by atoms with van der Waals surface area (Å²) in [5.74, 6) is 1.10. The molecule has 6 heteroatoms. The van der Waals surface area contributed by atoms with Gasteiger partial charge in [-0.1, -0.05) is 12.1 Å². The number of thiophene rings is 1. The van der Waals surface area contributed by atoms with Crippen molar-refractivity contribution in [3.8, 4) is 5.75 Å². The normalized spacial score (nSPS) is 21.0. The highest BCUT2D eigenvalue weighted by molar-refractivity contribution is 7.19. The van der Waals surface area contributed by atoms with Crippen molar-refractivity contribution in [2.24, 2.45) is 0 Å². The standard InChI is InChI=1S/C25H27FN2O2S/c1-16-12-17(25-13-20-21(26)4-2-7-24(20)31-25)9-11-28(16)14-18(29)15-30-23-6-3-5-22-19(23)8-10-27-22/h2-8,10,13,16-18,27,29H,9,11-12,14-15H2,1H3/t16-,17-,18-/m0/s1. The van der Waals surface area contributed by atoms with Crippen molar-refractivity contribution in [1.29, 1.82) is 0 Å². The molecule has 0 bridgehead atoms. The lowest BCUT2D eigenvalue weighted by Gasteiger charge is -2.38. The van der Waals surface area contributed by atoms with E-state index in [0.29, 0.717) is 18.5 Å². The summed E-state index contributed by atoms with van der Waals surface area (Å²) in [4.78, 5) is 6.79. The van der Waals surface area contributed by atoms with Gasteiger partial charge in [-0.15, -0.1) is 11.3 Å². The highest BCUT2D eigenvalue weighted by Crippen LogP contribution is 2.38. The molecule has 0 radical (unpaired) electrons. The number of nitrogens with one attached hydrogen (secondary N) is 1. The van der Waals surface area contributed by atoms with Crippen LogP contribution in [0.3, 0.4) is 0 Å². The van der Waals surface area contributed by atoms with E-state index in [1.165, 1.54) is 10.9 Å². The molecule has 3 atom stereocenters. The molecule has 162 valence electrons. The number of hydrogen-bond donors (Lipinski definition) is 2. The van der Waals surface area contributed by atoms with Crippen molar-refractivity contribution < 1.29 is 14.2 Å². The summed E-state index contributed by atoms with van der Waals surface area (Å²) in [7, 11) is 0. The minimum absolute atomic E-state index is 0.135. The van der Waals surface area contributed by atoms with Crippen molar-refractivity contribution in [3.63, 3.8) is 0 Å². The van der Waals surface area contributed by atoms with Gasteiger partial charge in [0.1, 0.15) is 24.3 Å². The number of β-amino-alcohol motifs (C(OH)–C–C–N with tert-alkyl or cyclic N) is 1. The lowest BCUT2D eigenvalue weighted by molar-refractivity contribution is 0.0408. The van der Waals surface area contributed by atoms with Gasteiger partial charge < -0.3 is 14.8 Å². The van der Waals surface area contributed by atoms with Crippen molar-refractivity contribution in [2.45, 2.75) is 37.8 Å². The molecule has 0 amide bonds. The first-order valence-corrected chi connectivity index (χ1v) is 11.7. The Morgan fingerprint density at radius 3 is 2.94 bits per heavy atom. The number of H-pyrrole nitrogens is 1. The number of likely N-dealkylation sites (tertiary alicyclic amines) is 1. The predicted octanol–water partition coefficient (Wildman–Crippen LogP) is 5.53. The zero-order valence-electron chi connectivity index (χ0n) is 17.6. The SMILES string of the molecule is C[C@H]1C[C@@H](c2cc3c(F)cccc3s2)CCN1C[C@H](O)COc1cccc2[nH]ccc12. The molecule has 2 aromatic heterocycles. The fourth-order valence-electron chi connectivity index (χ4n) is 4.69. The Balaban J connectivity index is 1.18. The average Bonchev–Trinajstić information content (AvgIpc) is 3.41. The number of aromatic nitrogens is 1. The van der Waals surface area contributed by atoms with Gasteiger partial charge in [-0.2, -0.15) is 0 Å². The fraction of sp³-hybridized carbons (Fsp3) is 0.360. The molecule has 0 unspecified atom stereocenters. The van der Waals surface area contributed by atoms with Crippen LogP contribution < -0.4 is 4.74 Å². The van der Waals surface area contributed by atoms with Crippen LogP contribution in [0.25, 0.3) is 21.0 Å². The number of fused-ring (bicyclic) bond motifs is 2. The topological polar surface area (TPSA) is 48.5 Å². The number of benzene rings is 2. The van der Waals surface area contributed by atoms with Crippen molar-refractivity contribution in [1.82, 2.24) is 9.88 Å². The molecule has 5 rings (SSSR count). The molecule has 0 aliphatic carbocycles. The maximum Gasteiger partial charge on any atom is 0.131 e. The van der Waals surface area contributed by atoms with E-state index in [4.69, 9.17) is 4.74 Å². The molecule has 1 aliphatic rings. The molecule has 2 N–H and O–H groups in total. The summed E-state index contributed by atoms with van der Waals surface area (Å²) >= 11 is 1.71. The van der Waals surface area contributed by atoms with Gasteiger partial charge in [0.15, 0.2) is 0 Å². The van der Waals surface area contributed by atoms with E-state index in [0.717, 1.165) is 46.1 Å². The van der Waals surface area contributed by atoms with E-state index < -0.39 is 6.10 Å². The summed E-state index contributed by atoms with van der Waals surface area (Å²) in [6.07, 6.45) is 3.39. The van der Waals surface area contributed by atoms with Gasteiger partial charge in [0.05, 0.1) is 0 Å². The number of aromatic amines is 1. The number of rotatable bonds is 6. The number of nitrogens with zero attached hydrogens (tertiary/aromatic N) is 1. The molecular formula is C25H27FN2O2S. The van der Waals surface area contributed by atoms with Gasteiger partial charge in [0.25, 0.3) is 0 Å². The molecule has 1 fully saturated rings. The van der Waals surface area contributed by atoms with Crippen LogP contribution in [0.2, 0.25) is 0 Å². The largest absolute Gasteiger partial charge is 0.490 e. The predicted molar refractivity (Wildman–Crippen MR) is 125 cm³/mol. The van der Waals surface area contributed by atoms with Crippen LogP contribution in [-0.4, -0.2) is 46.8 Å².